The summed E-state index contributed by atoms with van der Waals surface area (Å²) in [5.41, 5.74) is 4.26. The average molecular weight is 501 g/mol. The summed E-state index contributed by atoms with van der Waals surface area (Å²) in [6, 6.07) is 10.3. The molecule has 0 aliphatic rings. The molecule has 0 amide bonds. The summed E-state index contributed by atoms with van der Waals surface area (Å²) in [5, 5.41) is 19.5. The molecule has 0 unspecified atom stereocenters. The van der Waals surface area contributed by atoms with E-state index in [1.54, 1.807) is 37.4 Å². The maximum atomic E-state index is 12.8. The van der Waals surface area contributed by atoms with Crippen molar-refractivity contribution < 1.29 is 9.84 Å². The normalized spacial score (nSPS) is 11.3. The van der Waals surface area contributed by atoms with Gasteiger partial charge in [-0.3, -0.25) is 4.79 Å². The Kier molecular flexibility index (Phi) is 5.96. The highest BCUT2D eigenvalue weighted by Gasteiger charge is 2.10. The molecule has 2 aromatic carbocycles. The van der Waals surface area contributed by atoms with E-state index in [1.165, 1.54) is 29.2 Å². The van der Waals surface area contributed by atoms with Gasteiger partial charge in [0.2, 0.25) is 5.13 Å². The van der Waals surface area contributed by atoms with Crippen molar-refractivity contribution in [1.82, 2.24) is 19.9 Å². The molecule has 2 N–H and O–H groups in total. The second-order valence-corrected chi connectivity index (χ2v) is 8.42. The number of nitrogens with zero attached hydrogens (tertiary/aromatic N) is 5. The lowest BCUT2D eigenvalue weighted by atomic mass is 10.2. The van der Waals surface area contributed by atoms with Gasteiger partial charge in [0.1, 0.15) is 10.8 Å². The third kappa shape index (κ3) is 4.57. The van der Waals surface area contributed by atoms with Crippen molar-refractivity contribution in [2.75, 3.05) is 12.5 Å². The van der Waals surface area contributed by atoms with Crippen molar-refractivity contribution in [1.29, 1.82) is 0 Å². The minimum absolute atomic E-state index is 0.0602. The number of benzene rings is 2. The minimum Gasteiger partial charge on any atom is -0.504 e. The summed E-state index contributed by atoms with van der Waals surface area (Å²) in [6.45, 7) is 2.06. The number of methoxy groups -OCH3 is 1. The molecule has 0 aliphatic carbocycles. The van der Waals surface area contributed by atoms with E-state index in [1.807, 2.05) is 6.07 Å². The van der Waals surface area contributed by atoms with E-state index in [-0.39, 0.29) is 11.3 Å². The number of aromatic hydroxyl groups is 1. The van der Waals surface area contributed by atoms with Crippen molar-refractivity contribution in [3.8, 4) is 11.5 Å². The molecule has 2 aromatic heterocycles. The van der Waals surface area contributed by atoms with Gasteiger partial charge in [0.15, 0.2) is 11.5 Å². The van der Waals surface area contributed by atoms with Crippen LogP contribution in [-0.2, 0) is 6.54 Å². The van der Waals surface area contributed by atoms with Gasteiger partial charge in [-0.25, -0.2) is 14.7 Å². The molecular weight excluding hydrogens is 484 g/mol. The number of halogens is 1. The zero-order chi connectivity index (χ0) is 22.0. The van der Waals surface area contributed by atoms with Crippen LogP contribution in [0.1, 0.15) is 16.4 Å². The number of aliphatic imine (C=N–C) groups is 1. The van der Waals surface area contributed by atoms with E-state index >= 15 is 0 Å². The molecule has 2 heterocycles. The zero-order valence-electron chi connectivity index (χ0n) is 16.5. The molecule has 4 rings (SSSR count). The number of fused-ring (bicyclic) bond motifs is 1. The average Bonchev–Trinajstić information content (AvgIpc) is 3.21. The van der Waals surface area contributed by atoms with Crippen LogP contribution in [0, 0.1) is 6.92 Å². The van der Waals surface area contributed by atoms with Gasteiger partial charge < -0.3 is 15.3 Å². The number of aromatic nitrogens is 4. The van der Waals surface area contributed by atoms with Crippen molar-refractivity contribution >= 4 is 49.5 Å². The summed E-state index contributed by atoms with van der Waals surface area (Å²) in [5.74, 6) is 0.969. The van der Waals surface area contributed by atoms with Crippen LogP contribution in [0.15, 0.2) is 50.7 Å². The van der Waals surface area contributed by atoms with Gasteiger partial charge in [0.25, 0.3) is 5.56 Å². The van der Waals surface area contributed by atoms with Crippen LogP contribution in [-0.4, -0.2) is 38.3 Å². The van der Waals surface area contributed by atoms with E-state index in [9.17, 15) is 9.90 Å². The molecule has 0 aliphatic heterocycles. The Morgan fingerprint density at radius 1 is 1.29 bits per heavy atom. The molecule has 0 spiro atoms. The Morgan fingerprint density at radius 2 is 2.13 bits per heavy atom. The quantitative estimate of drug-likeness (QED) is 0.389. The first-order valence-corrected chi connectivity index (χ1v) is 10.7. The first-order chi connectivity index (χ1) is 14.9. The van der Waals surface area contributed by atoms with Crippen LogP contribution in [0.3, 0.4) is 0 Å². The molecular formula is C20H17BrN6O3S. The second-order valence-electron chi connectivity index (χ2n) is 6.46. The number of nitrogens with one attached hydrogen (secondary N) is 1. The molecule has 4 aromatic rings. The van der Waals surface area contributed by atoms with Crippen molar-refractivity contribution in [3.05, 3.63) is 67.6 Å². The van der Waals surface area contributed by atoms with Gasteiger partial charge in [-0.2, -0.15) is 0 Å². The third-order valence-electron chi connectivity index (χ3n) is 4.37. The molecule has 0 radical (unpaired) electrons. The fourth-order valence-corrected chi connectivity index (χ4v) is 3.85. The standard InChI is InChI=1S/C20H17BrN6O3S/c1-11-24-15-5-4-13(21)8-14(15)19(29)27(11)23-10-18-25-26-20(31-18)22-9-12-3-6-16(28)17(7-12)30-2/h3-9,23,28H,10H2,1-2H3/b22-9-. The lowest BCUT2D eigenvalue weighted by Crippen LogP contribution is -2.31. The van der Waals surface area contributed by atoms with Gasteiger partial charge in [-0.05, 0) is 48.9 Å². The molecule has 9 nitrogen and oxygen atoms in total. The summed E-state index contributed by atoms with van der Waals surface area (Å²) < 4.78 is 7.30. The summed E-state index contributed by atoms with van der Waals surface area (Å²) >= 11 is 4.68. The number of rotatable bonds is 6. The van der Waals surface area contributed by atoms with Gasteiger partial charge >= 0.3 is 0 Å². The molecule has 0 bridgehead atoms. The smallest absolute Gasteiger partial charge is 0.279 e. The molecule has 158 valence electrons. The number of phenols is 1. The molecule has 0 fully saturated rings. The van der Waals surface area contributed by atoms with Crippen LogP contribution in [0.5, 0.6) is 11.5 Å². The predicted molar refractivity (Wildman–Crippen MR) is 123 cm³/mol. The summed E-state index contributed by atoms with van der Waals surface area (Å²) in [6.07, 6.45) is 1.61. The van der Waals surface area contributed by atoms with Crippen LogP contribution in [0.2, 0.25) is 0 Å². The lowest BCUT2D eigenvalue weighted by molar-refractivity contribution is 0.373. The van der Waals surface area contributed by atoms with Gasteiger partial charge in [0.05, 0.1) is 24.6 Å². The monoisotopic (exact) mass is 500 g/mol. The van der Waals surface area contributed by atoms with E-state index in [2.05, 4.69) is 41.5 Å². The summed E-state index contributed by atoms with van der Waals surface area (Å²) in [7, 11) is 1.48. The van der Waals surface area contributed by atoms with E-state index in [4.69, 9.17) is 4.74 Å². The number of ether oxygens (including phenoxy) is 1. The Morgan fingerprint density at radius 3 is 2.94 bits per heavy atom. The lowest BCUT2D eigenvalue weighted by Gasteiger charge is -2.12. The topological polar surface area (TPSA) is 115 Å². The minimum atomic E-state index is -0.187. The molecule has 11 heteroatoms. The fraction of sp³-hybridized carbons (Fsp3) is 0.150. The Balaban J connectivity index is 1.49. The largest absolute Gasteiger partial charge is 0.504 e. The van der Waals surface area contributed by atoms with Crippen LogP contribution in [0.4, 0.5) is 5.13 Å². The maximum absolute atomic E-state index is 12.8. The highest BCUT2D eigenvalue weighted by molar-refractivity contribution is 9.10. The Labute approximate surface area is 189 Å². The highest BCUT2D eigenvalue weighted by Crippen LogP contribution is 2.26. The van der Waals surface area contributed by atoms with Crippen LogP contribution >= 0.6 is 27.3 Å². The third-order valence-corrected chi connectivity index (χ3v) is 5.69. The SMILES string of the molecule is COc1cc(/C=N\c2nnc(CNn3c(C)nc4ccc(Br)cc4c3=O)s2)ccc1O. The number of hydrogen-bond donors (Lipinski definition) is 2. The van der Waals surface area contributed by atoms with Crippen molar-refractivity contribution in [3.63, 3.8) is 0 Å². The highest BCUT2D eigenvalue weighted by atomic mass is 79.9. The van der Waals surface area contributed by atoms with E-state index in [0.29, 0.717) is 39.2 Å². The van der Waals surface area contributed by atoms with Crippen LogP contribution < -0.4 is 15.7 Å². The summed E-state index contributed by atoms with van der Waals surface area (Å²) in [4.78, 5) is 21.6. The van der Waals surface area contributed by atoms with E-state index in [0.717, 1.165) is 10.0 Å². The fourth-order valence-electron chi connectivity index (χ4n) is 2.87. The zero-order valence-corrected chi connectivity index (χ0v) is 18.9. The maximum Gasteiger partial charge on any atom is 0.279 e. The van der Waals surface area contributed by atoms with Gasteiger partial charge in [-0.15, -0.1) is 10.2 Å². The first kappa shape index (κ1) is 20.9. The second kappa shape index (κ2) is 8.82. The molecule has 0 saturated heterocycles. The first-order valence-electron chi connectivity index (χ1n) is 9.11. The number of aryl methyl sites for hydroxylation is 1. The van der Waals surface area contributed by atoms with Crippen LogP contribution in [0.25, 0.3) is 10.9 Å². The van der Waals surface area contributed by atoms with Crippen molar-refractivity contribution in [2.45, 2.75) is 13.5 Å². The van der Waals surface area contributed by atoms with E-state index < -0.39 is 0 Å². The van der Waals surface area contributed by atoms with Gasteiger partial charge in [0, 0.05) is 10.7 Å². The number of hydrogen-bond acceptors (Lipinski definition) is 9. The molecule has 0 saturated carbocycles. The van der Waals surface area contributed by atoms with Gasteiger partial charge in [-0.1, -0.05) is 27.3 Å². The number of phenolic OH excluding ortho intramolecular Hbond substituents is 1. The van der Waals surface area contributed by atoms with Crippen molar-refractivity contribution in [2.24, 2.45) is 4.99 Å². The molecule has 31 heavy (non-hydrogen) atoms. The Bertz CT molecular complexity index is 1350. The predicted octanol–water partition coefficient (Wildman–Crippen LogP) is 3.53. The molecule has 0 atom stereocenters. The Hall–Kier alpha value is -3.31.